The van der Waals surface area contributed by atoms with Crippen molar-refractivity contribution < 1.29 is 5.11 Å². The lowest BCUT2D eigenvalue weighted by Gasteiger charge is -2.15. The van der Waals surface area contributed by atoms with Crippen LogP contribution in [0.15, 0.2) is 65.1 Å². The van der Waals surface area contributed by atoms with Crippen LogP contribution in [-0.2, 0) is 0 Å². The van der Waals surface area contributed by atoms with E-state index in [0.717, 1.165) is 26.5 Å². The van der Waals surface area contributed by atoms with E-state index in [1.165, 1.54) is 5.39 Å². The molecule has 0 saturated carbocycles. The number of halogens is 1. The number of benzene rings is 3. The molecule has 0 bridgehead atoms. The van der Waals surface area contributed by atoms with E-state index in [-0.39, 0.29) is 0 Å². The van der Waals surface area contributed by atoms with E-state index in [1.54, 1.807) is 0 Å². The van der Waals surface area contributed by atoms with Crippen LogP contribution >= 0.6 is 15.9 Å². The molecule has 1 atom stereocenters. The summed E-state index contributed by atoms with van der Waals surface area (Å²) in [7, 11) is 0. The molecule has 0 saturated heterocycles. The van der Waals surface area contributed by atoms with E-state index in [1.807, 2.05) is 43.3 Å². The largest absolute Gasteiger partial charge is 0.384 e. The van der Waals surface area contributed by atoms with Gasteiger partial charge in [-0.3, -0.25) is 0 Å². The molecular weight excluding hydrogens is 312 g/mol. The molecule has 0 aliphatic rings. The van der Waals surface area contributed by atoms with Crippen molar-refractivity contribution >= 4 is 26.7 Å². The third-order valence-electron chi connectivity index (χ3n) is 3.61. The fourth-order valence-electron chi connectivity index (χ4n) is 2.44. The normalized spacial score (nSPS) is 12.6. The Bertz CT molecular complexity index is 764. The summed E-state index contributed by atoms with van der Waals surface area (Å²) >= 11 is 3.57. The summed E-state index contributed by atoms with van der Waals surface area (Å²) in [6.07, 6.45) is -0.617. The molecule has 3 aromatic rings. The predicted octanol–water partition coefficient (Wildman–Crippen LogP) is 4.99. The Hall–Kier alpha value is -1.64. The van der Waals surface area contributed by atoms with E-state index in [2.05, 4.69) is 40.2 Å². The van der Waals surface area contributed by atoms with E-state index in [9.17, 15) is 5.11 Å². The summed E-state index contributed by atoms with van der Waals surface area (Å²) in [6.45, 7) is 2.03. The Morgan fingerprint density at radius 3 is 2.45 bits per heavy atom. The van der Waals surface area contributed by atoms with Crippen molar-refractivity contribution in [1.29, 1.82) is 0 Å². The molecule has 3 aromatic carbocycles. The zero-order valence-corrected chi connectivity index (χ0v) is 12.8. The predicted molar refractivity (Wildman–Crippen MR) is 86.9 cm³/mol. The van der Waals surface area contributed by atoms with Crippen LogP contribution in [-0.4, -0.2) is 5.11 Å². The SMILES string of the molecule is Cc1cccc(C(O)c2ccc3ccccc3c2)c1Br. The lowest BCUT2D eigenvalue weighted by atomic mass is 9.97. The molecule has 0 amide bonds. The maximum Gasteiger partial charge on any atom is 0.105 e. The Morgan fingerprint density at radius 1 is 0.900 bits per heavy atom. The highest BCUT2D eigenvalue weighted by Gasteiger charge is 2.14. The van der Waals surface area contributed by atoms with Crippen LogP contribution in [0.4, 0.5) is 0 Å². The van der Waals surface area contributed by atoms with Gasteiger partial charge in [0, 0.05) is 4.47 Å². The summed E-state index contributed by atoms with van der Waals surface area (Å²) in [4.78, 5) is 0. The first-order valence-electron chi connectivity index (χ1n) is 6.58. The van der Waals surface area contributed by atoms with Crippen molar-refractivity contribution in [2.24, 2.45) is 0 Å². The quantitative estimate of drug-likeness (QED) is 0.703. The van der Waals surface area contributed by atoms with Crippen LogP contribution < -0.4 is 0 Å². The summed E-state index contributed by atoms with van der Waals surface area (Å²) < 4.78 is 0.973. The van der Waals surface area contributed by atoms with Gasteiger partial charge in [0.05, 0.1) is 0 Å². The van der Waals surface area contributed by atoms with Crippen molar-refractivity contribution in [3.05, 3.63) is 81.8 Å². The topological polar surface area (TPSA) is 20.2 Å². The van der Waals surface area contributed by atoms with Crippen LogP contribution in [0.5, 0.6) is 0 Å². The van der Waals surface area contributed by atoms with Crippen molar-refractivity contribution in [2.75, 3.05) is 0 Å². The number of hydrogen-bond acceptors (Lipinski definition) is 1. The second-order valence-electron chi connectivity index (χ2n) is 4.99. The first-order valence-corrected chi connectivity index (χ1v) is 7.38. The summed E-state index contributed by atoms with van der Waals surface area (Å²) in [5, 5.41) is 13.0. The molecule has 0 fully saturated rings. The molecule has 1 N–H and O–H groups in total. The van der Waals surface area contributed by atoms with Gasteiger partial charge < -0.3 is 5.11 Å². The minimum absolute atomic E-state index is 0.617. The fraction of sp³-hybridized carbons (Fsp3) is 0.111. The van der Waals surface area contributed by atoms with Crippen molar-refractivity contribution in [2.45, 2.75) is 13.0 Å². The Labute approximate surface area is 127 Å². The van der Waals surface area contributed by atoms with Crippen molar-refractivity contribution in [1.82, 2.24) is 0 Å². The summed E-state index contributed by atoms with van der Waals surface area (Å²) in [5.74, 6) is 0. The first-order chi connectivity index (χ1) is 9.66. The smallest absolute Gasteiger partial charge is 0.105 e. The van der Waals surface area contributed by atoms with Gasteiger partial charge in [0.25, 0.3) is 0 Å². The highest BCUT2D eigenvalue weighted by Crippen LogP contribution is 2.31. The van der Waals surface area contributed by atoms with Crippen molar-refractivity contribution in [3.63, 3.8) is 0 Å². The number of rotatable bonds is 2. The molecule has 3 rings (SSSR count). The highest BCUT2D eigenvalue weighted by atomic mass is 79.9. The van der Waals surface area contributed by atoms with Gasteiger partial charge in [-0.15, -0.1) is 0 Å². The second kappa shape index (κ2) is 5.39. The van der Waals surface area contributed by atoms with Gasteiger partial charge in [0.1, 0.15) is 6.10 Å². The van der Waals surface area contributed by atoms with Gasteiger partial charge >= 0.3 is 0 Å². The molecule has 0 heterocycles. The minimum Gasteiger partial charge on any atom is -0.384 e. The molecule has 0 spiro atoms. The van der Waals surface area contributed by atoms with Crippen LogP contribution in [0, 0.1) is 6.92 Å². The van der Waals surface area contributed by atoms with E-state index >= 15 is 0 Å². The van der Waals surface area contributed by atoms with Crippen molar-refractivity contribution in [3.8, 4) is 0 Å². The third kappa shape index (κ3) is 2.37. The Balaban J connectivity index is 2.08. The zero-order chi connectivity index (χ0) is 14.1. The van der Waals surface area contributed by atoms with Gasteiger partial charge in [-0.1, -0.05) is 70.5 Å². The number of fused-ring (bicyclic) bond motifs is 1. The average molecular weight is 327 g/mol. The molecule has 0 aliphatic carbocycles. The molecule has 100 valence electrons. The minimum atomic E-state index is -0.617. The van der Waals surface area contributed by atoms with Crippen LogP contribution in [0.3, 0.4) is 0 Å². The van der Waals surface area contributed by atoms with Gasteiger partial charge in [-0.05, 0) is 40.5 Å². The second-order valence-corrected chi connectivity index (χ2v) is 5.78. The molecular formula is C18H15BrO. The standard InChI is InChI=1S/C18H15BrO/c1-12-5-4-8-16(17(12)19)18(20)15-10-9-13-6-2-3-7-14(13)11-15/h2-11,18,20H,1H3. The number of hydrogen-bond donors (Lipinski definition) is 1. The first kappa shape index (κ1) is 13.3. The van der Waals surface area contributed by atoms with E-state index in [0.29, 0.717) is 0 Å². The van der Waals surface area contributed by atoms with Crippen LogP contribution in [0.2, 0.25) is 0 Å². The molecule has 1 unspecified atom stereocenters. The van der Waals surface area contributed by atoms with Crippen LogP contribution in [0.1, 0.15) is 22.8 Å². The molecule has 20 heavy (non-hydrogen) atoms. The Kier molecular flexibility index (Phi) is 3.60. The zero-order valence-electron chi connectivity index (χ0n) is 11.2. The molecule has 2 heteroatoms. The third-order valence-corrected chi connectivity index (χ3v) is 4.69. The van der Waals surface area contributed by atoms with Gasteiger partial charge in [-0.2, -0.15) is 0 Å². The van der Waals surface area contributed by atoms with E-state index in [4.69, 9.17) is 0 Å². The monoisotopic (exact) mass is 326 g/mol. The highest BCUT2D eigenvalue weighted by molar-refractivity contribution is 9.10. The number of aliphatic hydroxyl groups excluding tert-OH is 1. The molecule has 0 aromatic heterocycles. The molecule has 0 radical (unpaired) electrons. The lowest BCUT2D eigenvalue weighted by Crippen LogP contribution is -2.01. The average Bonchev–Trinajstić information content (AvgIpc) is 2.49. The Morgan fingerprint density at radius 2 is 1.65 bits per heavy atom. The van der Waals surface area contributed by atoms with Crippen LogP contribution in [0.25, 0.3) is 10.8 Å². The van der Waals surface area contributed by atoms with Gasteiger partial charge in [-0.25, -0.2) is 0 Å². The molecule has 0 aliphatic heterocycles. The summed E-state index contributed by atoms with van der Waals surface area (Å²) in [5.41, 5.74) is 2.94. The lowest BCUT2D eigenvalue weighted by molar-refractivity contribution is 0.219. The maximum atomic E-state index is 10.6. The van der Waals surface area contributed by atoms with E-state index < -0.39 is 6.10 Å². The maximum absolute atomic E-state index is 10.6. The number of aryl methyl sites for hydroxylation is 1. The molecule has 1 nitrogen and oxygen atoms in total. The fourth-order valence-corrected chi connectivity index (χ4v) is 2.92. The number of aliphatic hydroxyl groups is 1. The van der Waals surface area contributed by atoms with Gasteiger partial charge in [0.15, 0.2) is 0 Å². The van der Waals surface area contributed by atoms with Gasteiger partial charge in [0.2, 0.25) is 0 Å². The summed E-state index contributed by atoms with van der Waals surface area (Å²) in [6, 6.07) is 20.2.